The van der Waals surface area contributed by atoms with Gasteiger partial charge in [0.25, 0.3) is 5.91 Å². The number of hydrazine groups is 1. The summed E-state index contributed by atoms with van der Waals surface area (Å²) in [6, 6.07) is 5.16. The van der Waals surface area contributed by atoms with Crippen LogP contribution in [-0.2, 0) is 23.9 Å². The second-order valence-corrected chi connectivity index (χ2v) is 10.9. The number of nitrogens with zero attached hydrogens (tertiary/aromatic N) is 2. The van der Waals surface area contributed by atoms with Gasteiger partial charge in [0.05, 0.1) is 11.1 Å². The Morgan fingerprint density at radius 2 is 1.90 bits per heavy atom. The summed E-state index contributed by atoms with van der Waals surface area (Å²) in [6.45, 7) is 11.0. The lowest BCUT2D eigenvalue weighted by atomic mass is 9.90. The van der Waals surface area contributed by atoms with Crippen LogP contribution in [0, 0.1) is 5.41 Å². The van der Waals surface area contributed by atoms with Crippen LogP contribution in [0.3, 0.4) is 0 Å². The Labute approximate surface area is 234 Å². The van der Waals surface area contributed by atoms with Crippen molar-refractivity contribution in [2.45, 2.75) is 71.2 Å². The zero-order valence-electron chi connectivity index (χ0n) is 23.4. The Morgan fingerprint density at radius 1 is 1.12 bits per heavy atom. The van der Waals surface area contributed by atoms with E-state index in [1.165, 1.54) is 11.1 Å². The number of benzene rings is 1. The highest BCUT2D eigenvalue weighted by molar-refractivity contribution is 5.94. The first-order valence-electron chi connectivity index (χ1n) is 13.6. The third kappa shape index (κ3) is 6.56. The molecule has 0 radical (unpaired) electrons. The highest BCUT2D eigenvalue weighted by Gasteiger charge is 2.34. The summed E-state index contributed by atoms with van der Waals surface area (Å²) in [5.74, 6) is -1.72. The number of fused-ring (bicyclic) bond motifs is 4. The molecule has 2 aliphatic heterocycles. The average molecular weight is 548 g/mol. The molecule has 3 heterocycles. The monoisotopic (exact) mass is 547 g/mol. The van der Waals surface area contributed by atoms with E-state index in [2.05, 4.69) is 27.6 Å². The number of pyridine rings is 1. The Bertz CT molecular complexity index is 1350. The first kappa shape index (κ1) is 28.9. The molecule has 2 aliphatic rings. The quantitative estimate of drug-likeness (QED) is 0.389. The first-order chi connectivity index (χ1) is 19.0. The lowest BCUT2D eigenvalue weighted by Gasteiger charge is -2.35. The van der Waals surface area contributed by atoms with Gasteiger partial charge >= 0.3 is 5.97 Å². The summed E-state index contributed by atoms with van der Waals surface area (Å²) >= 11 is 0. The van der Waals surface area contributed by atoms with Crippen LogP contribution in [0.1, 0.15) is 64.3 Å². The van der Waals surface area contributed by atoms with Crippen LogP contribution in [0.2, 0.25) is 0 Å². The van der Waals surface area contributed by atoms with Crippen molar-refractivity contribution in [3.05, 3.63) is 60.5 Å². The van der Waals surface area contributed by atoms with Crippen LogP contribution in [0.15, 0.2) is 49.2 Å². The Kier molecular flexibility index (Phi) is 8.68. The van der Waals surface area contributed by atoms with E-state index in [1.807, 2.05) is 24.3 Å². The normalized spacial score (nSPS) is 26.1. The smallest absolute Gasteiger partial charge is 0.325 e. The summed E-state index contributed by atoms with van der Waals surface area (Å²) in [7, 11) is 0. The van der Waals surface area contributed by atoms with Gasteiger partial charge < -0.3 is 15.4 Å². The molecule has 1 fully saturated rings. The third-order valence-corrected chi connectivity index (χ3v) is 7.28. The van der Waals surface area contributed by atoms with E-state index in [0.717, 1.165) is 16.3 Å². The zero-order valence-corrected chi connectivity index (χ0v) is 23.4. The zero-order chi connectivity index (χ0) is 29.0. The van der Waals surface area contributed by atoms with E-state index >= 15 is 0 Å². The lowest BCUT2D eigenvalue weighted by Crippen LogP contribution is -2.60. The SMILES string of the molecule is C=CC[C@@H]1NC(=O)C(C)(C)C=Cc2cc3cc(ccc3cn2)[C@@H](C)OC(=O)[C@@H]2CCCN(N2)C(=O)[C@H](C)NC1=O. The van der Waals surface area contributed by atoms with Gasteiger partial charge in [-0.2, -0.15) is 0 Å². The van der Waals surface area contributed by atoms with E-state index in [9.17, 15) is 19.2 Å². The summed E-state index contributed by atoms with van der Waals surface area (Å²) in [6.07, 6.45) is 7.56. The van der Waals surface area contributed by atoms with E-state index in [0.29, 0.717) is 25.1 Å². The number of cyclic esters (lactones) is 1. The maximum absolute atomic E-state index is 13.2. The van der Waals surface area contributed by atoms with Gasteiger partial charge in [-0.3, -0.25) is 29.2 Å². The van der Waals surface area contributed by atoms with Crippen molar-refractivity contribution in [3.63, 3.8) is 0 Å². The molecule has 0 saturated carbocycles. The Hall–Kier alpha value is -4.05. The van der Waals surface area contributed by atoms with Crippen LogP contribution in [0.4, 0.5) is 0 Å². The molecule has 10 nitrogen and oxygen atoms in total. The number of nitrogens with one attached hydrogen (secondary N) is 3. The summed E-state index contributed by atoms with van der Waals surface area (Å²) < 4.78 is 5.78. The second kappa shape index (κ2) is 12.0. The van der Waals surface area contributed by atoms with Crippen molar-refractivity contribution in [1.29, 1.82) is 0 Å². The molecule has 1 aromatic heterocycles. The van der Waals surface area contributed by atoms with E-state index in [-0.39, 0.29) is 12.3 Å². The fourth-order valence-electron chi connectivity index (χ4n) is 4.68. The van der Waals surface area contributed by atoms with Gasteiger partial charge in [-0.1, -0.05) is 24.3 Å². The first-order valence-corrected chi connectivity index (χ1v) is 13.6. The molecule has 4 atom stereocenters. The number of carbonyl (C=O) groups is 4. The number of carbonyl (C=O) groups excluding carboxylic acids is 4. The number of ether oxygens (including phenoxy) is 1. The average Bonchev–Trinajstić information content (AvgIpc) is 2.94. The predicted molar refractivity (Wildman–Crippen MR) is 151 cm³/mol. The molecule has 10 heteroatoms. The van der Waals surface area contributed by atoms with E-state index in [1.54, 1.807) is 46.0 Å². The number of amides is 3. The molecule has 40 heavy (non-hydrogen) atoms. The van der Waals surface area contributed by atoms with Crippen molar-refractivity contribution < 1.29 is 23.9 Å². The molecule has 0 aliphatic carbocycles. The van der Waals surface area contributed by atoms with Crippen molar-refractivity contribution in [1.82, 2.24) is 26.1 Å². The van der Waals surface area contributed by atoms with Gasteiger partial charge in [0.15, 0.2) is 0 Å². The highest BCUT2D eigenvalue weighted by atomic mass is 16.5. The third-order valence-electron chi connectivity index (χ3n) is 7.28. The molecule has 212 valence electrons. The summed E-state index contributed by atoms with van der Waals surface area (Å²) in [4.78, 5) is 57.0. The molecule has 2 aromatic rings. The van der Waals surface area contributed by atoms with Gasteiger partial charge in [-0.05, 0) is 76.1 Å². The number of aromatic nitrogens is 1. The topological polar surface area (TPSA) is 130 Å². The minimum Gasteiger partial charge on any atom is -0.457 e. The second-order valence-electron chi connectivity index (χ2n) is 10.9. The highest BCUT2D eigenvalue weighted by Crippen LogP contribution is 2.25. The number of rotatable bonds is 2. The van der Waals surface area contributed by atoms with Gasteiger partial charge in [-0.15, -0.1) is 6.58 Å². The van der Waals surface area contributed by atoms with Gasteiger partial charge in [0.1, 0.15) is 24.2 Å². The minimum absolute atomic E-state index is 0.181. The van der Waals surface area contributed by atoms with Crippen LogP contribution in [0.25, 0.3) is 16.8 Å². The summed E-state index contributed by atoms with van der Waals surface area (Å²) in [5.41, 5.74) is 3.48. The summed E-state index contributed by atoms with van der Waals surface area (Å²) in [5, 5.41) is 8.68. The molecular formula is C30H37N5O5. The number of esters is 1. The Morgan fingerprint density at radius 3 is 2.65 bits per heavy atom. The Balaban J connectivity index is 1.70. The van der Waals surface area contributed by atoms with E-state index < -0.39 is 47.4 Å². The fourth-order valence-corrected chi connectivity index (χ4v) is 4.68. The standard InChI is InChI=1S/C30H37N5O5/c1-6-8-24-26(36)32-18(2)27(37)35-14-7-9-25(34-35)28(38)40-19(3)20-10-11-21-17-31-23(16-22(21)15-20)12-13-30(4,5)29(39)33-24/h6,10-13,15-19,24-25,34H,1,7-9,14H2,2-5H3,(H,32,36)(H,33,39)/t18-,19+,24-,25-/m0/s1. The maximum Gasteiger partial charge on any atom is 0.325 e. The number of hydrogen-bond donors (Lipinski definition) is 3. The largest absolute Gasteiger partial charge is 0.457 e. The molecular weight excluding hydrogens is 510 g/mol. The molecule has 4 rings (SSSR count). The van der Waals surface area contributed by atoms with Crippen LogP contribution >= 0.6 is 0 Å². The van der Waals surface area contributed by atoms with E-state index in [4.69, 9.17) is 4.74 Å². The van der Waals surface area contributed by atoms with Crippen molar-refractivity contribution >= 4 is 40.5 Å². The minimum atomic E-state index is -0.964. The van der Waals surface area contributed by atoms with Gasteiger partial charge in [-0.25, -0.2) is 5.43 Å². The van der Waals surface area contributed by atoms with Gasteiger partial charge in [0, 0.05) is 18.1 Å². The molecule has 1 aromatic carbocycles. The molecule has 3 N–H and O–H groups in total. The van der Waals surface area contributed by atoms with Gasteiger partial charge in [0.2, 0.25) is 11.8 Å². The molecule has 0 unspecified atom stereocenters. The molecule has 5 bridgehead atoms. The molecule has 0 spiro atoms. The molecule has 3 amide bonds. The van der Waals surface area contributed by atoms with Crippen LogP contribution < -0.4 is 16.1 Å². The lowest BCUT2D eigenvalue weighted by molar-refractivity contribution is -0.157. The van der Waals surface area contributed by atoms with Crippen molar-refractivity contribution in [2.24, 2.45) is 5.41 Å². The van der Waals surface area contributed by atoms with Crippen molar-refractivity contribution in [3.8, 4) is 0 Å². The van der Waals surface area contributed by atoms with Crippen LogP contribution in [-0.4, -0.2) is 58.4 Å². The number of hydrogen-bond acceptors (Lipinski definition) is 7. The predicted octanol–water partition coefficient (Wildman–Crippen LogP) is 2.95. The maximum atomic E-state index is 13.2. The van der Waals surface area contributed by atoms with Crippen LogP contribution in [0.5, 0.6) is 0 Å². The fraction of sp³-hybridized carbons (Fsp3) is 0.433. The van der Waals surface area contributed by atoms with Crippen molar-refractivity contribution in [2.75, 3.05) is 6.54 Å². The molecule has 1 saturated heterocycles.